The summed E-state index contributed by atoms with van der Waals surface area (Å²) in [7, 11) is 0. The Bertz CT molecular complexity index is 998. The molecule has 4 rings (SSSR count). The van der Waals surface area contributed by atoms with Crippen LogP contribution in [0.4, 0.5) is 5.69 Å². The fraction of sp³-hybridized carbons (Fsp3) is 0.0909. The number of anilines is 1. The van der Waals surface area contributed by atoms with Crippen molar-refractivity contribution in [1.82, 2.24) is 0 Å². The molecule has 1 aliphatic heterocycles. The maximum atomic E-state index is 13.3. The van der Waals surface area contributed by atoms with Crippen LogP contribution >= 0.6 is 0 Å². The first-order valence-electron chi connectivity index (χ1n) is 8.57. The highest BCUT2D eigenvalue weighted by atomic mass is 16.4. The number of carbonyl (C=O) groups excluding carboxylic acids is 1. The molecule has 0 saturated carbocycles. The predicted molar refractivity (Wildman–Crippen MR) is 101 cm³/mol. The number of phenols is 1. The van der Waals surface area contributed by atoms with Crippen LogP contribution in [-0.2, 0) is 4.79 Å². The van der Waals surface area contributed by atoms with E-state index >= 15 is 0 Å². The maximum absolute atomic E-state index is 13.3. The van der Waals surface area contributed by atoms with E-state index in [1.165, 1.54) is 17.0 Å². The molecule has 134 valence electrons. The molecule has 1 aliphatic rings. The molecule has 0 fully saturated rings. The van der Waals surface area contributed by atoms with E-state index in [2.05, 4.69) is 0 Å². The summed E-state index contributed by atoms with van der Waals surface area (Å²) < 4.78 is 0. The van der Waals surface area contributed by atoms with Gasteiger partial charge in [-0.05, 0) is 41.5 Å². The Morgan fingerprint density at radius 3 is 2.15 bits per heavy atom. The number of fused-ring (bicyclic) bond motifs is 1. The average molecular weight is 359 g/mol. The number of aromatic hydroxyl groups is 1. The minimum atomic E-state index is -0.993. The zero-order chi connectivity index (χ0) is 19.0. The normalized spacial score (nSPS) is 18.8. The highest BCUT2D eigenvalue weighted by molar-refractivity contribution is 6.11. The van der Waals surface area contributed by atoms with Gasteiger partial charge in [0, 0.05) is 11.3 Å². The zero-order valence-electron chi connectivity index (χ0n) is 14.3. The van der Waals surface area contributed by atoms with E-state index in [1.807, 2.05) is 30.3 Å². The number of rotatable bonds is 3. The number of carbonyl (C=O) groups is 2. The summed E-state index contributed by atoms with van der Waals surface area (Å²) in [6, 6.07) is 21.5. The third-order valence-corrected chi connectivity index (χ3v) is 4.87. The van der Waals surface area contributed by atoms with Gasteiger partial charge in [-0.15, -0.1) is 0 Å². The van der Waals surface area contributed by atoms with E-state index in [0.29, 0.717) is 16.8 Å². The van der Waals surface area contributed by atoms with Crippen LogP contribution in [0.2, 0.25) is 0 Å². The van der Waals surface area contributed by atoms with Crippen LogP contribution in [0.3, 0.4) is 0 Å². The number of amides is 1. The van der Waals surface area contributed by atoms with Crippen molar-refractivity contribution in [2.75, 3.05) is 4.90 Å². The number of benzene rings is 3. The summed E-state index contributed by atoms with van der Waals surface area (Å²) in [5.74, 6) is -2.08. The number of carboxylic acids is 1. The quantitative estimate of drug-likeness (QED) is 0.742. The van der Waals surface area contributed by atoms with Gasteiger partial charge in [0.2, 0.25) is 0 Å². The summed E-state index contributed by atoms with van der Waals surface area (Å²) in [5, 5.41) is 19.6. The number of aliphatic carboxylic acids is 1. The van der Waals surface area contributed by atoms with E-state index in [0.717, 1.165) is 5.56 Å². The van der Waals surface area contributed by atoms with Gasteiger partial charge < -0.3 is 10.2 Å². The van der Waals surface area contributed by atoms with Crippen LogP contribution in [0.5, 0.6) is 5.75 Å². The van der Waals surface area contributed by atoms with Crippen molar-refractivity contribution in [3.05, 3.63) is 95.6 Å². The van der Waals surface area contributed by atoms with Gasteiger partial charge in [-0.1, -0.05) is 48.5 Å². The summed E-state index contributed by atoms with van der Waals surface area (Å²) in [6.07, 6.45) is 0. The van der Waals surface area contributed by atoms with Gasteiger partial charge >= 0.3 is 5.97 Å². The number of nitrogens with zero attached hydrogens (tertiary/aromatic N) is 1. The lowest BCUT2D eigenvalue weighted by molar-refractivity contribution is -0.139. The van der Waals surface area contributed by atoms with Crippen molar-refractivity contribution in [3.8, 4) is 5.75 Å². The fourth-order valence-corrected chi connectivity index (χ4v) is 3.69. The first kappa shape index (κ1) is 16.8. The molecule has 1 heterocycles. The minimum absolute atomic E-state index is 0.0784. The molecule has 5 heteroatoms. The Kier molecular flexibility index (Phi) is 4.12. The number of hydrogen-bond donors (Lipinski definition) is 2. The molecule has 0 bridgehead atoms. The zero-order valence-corrected chi connectivity index (χ0v) is 14.3. The highest BCUT2D eigenvalue weighted by Gasteiger charge is 2.44. The Balaban J connectivity index is 1.98. The van der Waals surface area contributed by atoms with E-state index in [1.54, 1.807) is 36.4 Å². The van der Waals surface area contributed by atoms with Crippen molar-refractivity contribution < 1.29 is 19.8 Å². The second kappa shape index (κ2) is 6.61. The van der Waals surface area contributed by atoms with Crippen LogP contribution < -0.4 is 4.90 Å². The maximum Gasteiger partial charge on any atom is 0.313 e. The Hall–Kier alpha value is -3.60. The van der Waals surface area contributed by atoms with Gasteiger partial charge in [0.15, 0.2) is 0 Å². The molecule has 0 spiro atoms. The Morgan fingerprint density at radius 2 is 1.48 bits per heavy atom. The van der Waals surface area contributed by atoms with E-state index in [9.17, 15) is 19.8 Å². The minimum Gasteiger partial charge on any atom is -0.508 e. The first-order chi connectivity index (χ1) is 13.1. The molecular weight excluding hydrogens is 342 g/mol. The summed E-state index contributed by atoms with van der Waals surface area (Å²) in [4.78, 5) is 27.1. The van der Waals surface area contributed by atoms with Crippen molar-refractivity contribution >= 4 is 17.6 Å². The molecule has 0 unspecified atom stereocenters. The predicted octanol–water partition coefficient (Wildman–Crippen LogP) is 3.96. The lowest BCUT2D eigenvalue weighted by atomic mass is 9.79. The van der Waals surface area contributed by atoms with Gasteiger partial charge in [-0.3, -0.25) is 14.5 Å². The standard InChI is InChI=1S/C22H17NO4/c24-16-12-10-15(11-13-16)23-20(14-6-2-1-3-7-14)19(22(26)27)17-8-4-5-9-18(17)21(23)25/h1-13,19-20,24H,(H,26,27)/t19-,20-/m0/s1. The second-order valence-corrected chi connectivity index (χ2v) is 6.45. The molecule has 3 aromatic carbocycles. The molecule has 27 heavy (non-hydrogen) atoms. The molecule has 0 aromatic heterocycles. The smallest absolute Gasteiger partial charge is 0.313 e. The molecule has 0 radical (unpaired) electrons. The molecular formula is C22H17NO4. The van der Waals surface area contributed by atoms with Crippen molar-refractivity contribution in [3.63, 3.8) is 0 Å². The van der Waals surface area contributed by atoms with Gasteiger partial charge in [0.05, 0.1) is 6.04 Å². The van der Waals surface area contributed by atoms with E-state index < -0.39 is 17.9 Å². The molecule has 3 aromatic rings. The summed E-state index contributed by atoms with van der Waals surface area (Å²) in [6.45, 7) is 0. The molecule has 2 atom stereocenters. The van der Waals surface area contributed by atoms with Gasteiger partial charge in [-0.2, -0.15) is 0 Å². The number of carboxylic acid groups (broad SMARTS) is 1. The van der Waals surface area contributed by atoms with Crippen LogP contribution in [0.15, 0.2) is 78.9 Å². The van der Waals surface area contributed by atoms with Gasteiger partial charge in [0.25, 0.3) is 5.91 Å². The second-order valence-electron chi connectivity index (χ2n) is 6.45. The van der Waals surface area contributed by atoms with Crippen molar-refractivity contribution in [1.29, 1.82) is 0 Å². The van der Waals surface area contributed by atoms with E-state index in [4.69, 9.17) is 0 Å². The monoisotopic (exact) mass is 359 g/mol. The van der Waals surface area contributed by atoms with Crippen molar-refractivity contribution in [2.45, 2.75) is 12.0 Å². The molecule has 0 aliphatic carbocycles. The first-order valence-corrected chi connectivity index (χ1v) is 8.57. The van der Waals surface area contributed by atoms with Gasteiger partial charge in [-0.25, -0.2) is 0 Å². The average Bonchev–Trinajstić information content (AvgIpc) is 2.69. The lowest BCUT2D eigenvalue weighted by Crippen LogP contribution is -2.45. The molecule has 1 amide bonds. The Labute approximate surface area is 156 Å². The van der Waals surface area contributed by atoms with Crippen molar-refractivity contribution in [2.24, 2.45) is 0 Å². The third-order valence-electron chi connectivity index (χ3n) is 4.87. The fourth-order valence-electron chi connectivity index (χ4n) is 3.69. The van der Waals surface area contributed by atoms with Crippen LogP contribution in [0.1, 0.15) is 33.4 Å². The van der Waals surface area contributed by atoms with E-state index in [-0.39, 0.29) is 11.7 Å². The van der Waals surface area contributed by atoms with Gasteiger partial charge in [0.1, 0.15) is 11.7 Å². The van der Waals surface area contributed by atoms with Crippen LogP contribution in [0, 0.1) is 0 Å². The summed E-state index contributed by atoms with van der Waals surface area (Å²) in [5.41, 5.74) is 2.16. The van der Waals surface area contributed by atoms with Crippen LogP contribution in [-0.4, -0.2) is 22.1 Å². The molecule has 0 saturated heterocycles. The topological polar surface area (TPSA) is 77.8 Å². The SMILES string of the molecule is O=C(O)[C@H]1c2ccccc2C(=O)N(c2ccc(O)cc2)[C@H]1c1ccccc1. The highest BCUT2D eigenvalue weighted by Crippen LogP contribution is 2.45. The molecule has 5 nitrogen and oxygen atoms in total. The largest absolute Gasteiger partial charge is 0.508 e. The summed E-state index contributed by atoms with van der Waals surface area (Å²) >= 11 is 0. The number of phenolic OH excluding ortho intramolecular Hbond substituents is 1. The lowest BCUT2D eigenvalue weighted by Gasteiger charge is -2.40. The van der Waals surface area contributed by atoms with Crippen LogP contribution in [0.25, 0.3) is 0 Å². The third kappa shape index (κ3) is 2.83. The molecule has 2 N–H and O–H groups in total. The Morgan fingerprint density at radius 1 is 0.852 bits per heavy atom. The number of hydrogen-bond acceptors (Lipinski definition) is 3.